The normalized spacial score (nSPS) is 21.9. The van der Waals surface area contributed by atoms with Crippen LogP contribution in [-0.4, -0.2) is 41.6 Å². The second-order valence-electron chi connectivity index (χ2n) is 7.39. The van der Waals surface area contributed by atoms with E-state index in [1.165, 1.54) is 11.0 Å². The summed E-state index contributed by atoms with van der Waals surface area (Å²) in [5.41, 5.74) is 1.18. The molecule has 29 heavy (non-hydrogen) atoms. The Morgan fingerprint density at radius 2 is 1.79 bits per heavy atom. The fraction of sp³-hybridized carbons (Fsp3) is 0.364. The Bertz CT molecular complexity index is 920. The third-order valence-corrected chi connectivity index (χ3v) is 5.64. The first-order valence-corrected chi connectivity index (χ1v) is 9.81. The molecule has 0 aliphatic carbocycles. The molecule has 7 heteroatoms. The lowest BCUT2D eigenvalue weighted by molar-refractivity contribution is -0.142. The maximum atomic E-state index is 14.3. The van der Waals surface area contributed by atoms with E-state index in [-0.39, 0.29) is 30.7 Å². The van der Waals surface area contributed by atoms with E-state index in [9.17, 15) is 14.0 Å². The van der Waals surface area contributed by atoms with Gasteiger partial charge < -0.3 is 9.64 Å². The lowest BCUT2D eigenvalue weighted by atomic mass is 9.91. The number of rotatable bonds is 5. The van der Waals surface area contributed by atoms with Crippen molar-refractivity contribution in [2.24, 2.45) is 5.92 Å². The topological polar surface area (TPSA) is 61.9 Å². The maximum absolute atomic E-state index is 14.3. The van der Waals surface area contributed by atoms with E-state index in [0.29, 0.717) is 17.7 Å². The first kappa shape index (κ1) is 19.4. The fourth-order valence-electron chi connectivity index (χ4n) is 4.15. The SMILES string of the molecule is COc1ccccc1CN1C(=O)C2CCCNC2N(Cc2ccccc2F)C1=O. The Morgan fingerprint density at radius 3 is 2.55 bits per heavy atom. The van der Waals surface area contributed by atoms with E-state index in [0.717, 1.165) is 18.5 Å². The molecule has 2 aliphatic rings. The van der Waals surface area contributed by atoms with Crippen LogP contribution in [0.2, 0.25) is 0 Å². The molecule has 3 amide bonds. The van der Waals surface area contributed by atoms with Crippen molar-refractivity contribution in [1.29, 1.82) is 0 Å². The highest BCUT2D eigenvalue weighted by Gasteiger charge is 2.47. The lowest BCUT2D eigenvalue weighted by Crippen LogP contribution is -2.66. The third-order valence-electron chi connectivity index (χ3n) is 5.64. The van der Waals surface area contributed by atoms with Gasteiger partial charge in [0.05, 0.1) is 32.3 Å². The number of nitrogens with zero attached hydrogens (tertiary/aromatic N) is 2. The zero-order valence-electron chi connectivity index (χ0n) is 16.3. The maximum Gasteiger partial charge on any atom is 0.328 e. The predicted octanol–water partition coefficient (Wildman–Crippen LogP) is 3.12. The quantitative estimate of drug-likeness (QED) is 0.842. The molecule has 2 aromatic carbocycles. The van der Waals surface area contributed by atoms with Crippen molar-refractivity contribution in [3.63, 3.8) is 0 Å². The number of amides is 3. The van der Waals surface area contributed by atoms with Gasteiger partial charge in [0.1, 0.15) is 11.6 Å². The van der Waals surface area contributed by atoms with Gasteiger partial charge in [0, 0.05) is 11.1 Å². The van der Waals surface area contributed by atoms with Crippen LogP contribution in [0.3, 0.4) is 0 Å². The zero-order chi connectivity index (χ0) is 20.4. The number of para-hydroxylation sites is 1. The third kappa shape index (κ3) is 3.70. The van der Waals surface area contributed by atoms with E-state index in [1.54, 1.807) is 36.3 Å². The number of nitrogens with one attached hydrogen (secondary N) is 1. The van der Waals surface area contributed by atoms with Gasteiger partial charge in [0.25, 0.3) is 0 Å². The van der Waals surface area contributed by atoms with Crippen molar-refractivity contribution in [3.8, 4) is 5.75 Å². The van der Waals surface area contributed by atoms with Gasteiger partial charge in [-0.1, -0.05) is 36.4 Å². The summed E-state index contributed by atoms with van der Waals surface area (Å²) in [6, 6.07) is 13.3. The minimum Gasteiger partial charge on any atom is -0.496 e. The number of methoxy groups -OCH3 is 1. The molecule has 2 fully saturated rings. The lowest BCUT2D eigenvalue weighted by Gasteiger charge is -2.47. The Kier molecular flexibility index (Phi) is 5.49. The molecule has 0 radical (unpaired) electrons. The van der Waals surface area contributed by atoms with E-state index in [2.05, 4.69) is 5.32 Å². The highest BCUT2D eigenvalue weighted by Crippen LogP contribution is 2.31. The summed E-state index contributed by atoms with van der Waals surface area (Å²) < 4.78 is 19.6. The summed E-state index contributed by atoms with van der Waals surface area (Å²) in [4.78, 5) is 29.4. The molecule has 2 heterocycles. The van der Waals surface area contributed by atoms with Crippen molar-refractivity contribution in [1.82, 2.24) is 15.1 Å². The second-order valence-corrected chi connectivity index (χ2v) is 7.39. The molecule has 2 saturated heterocycles. The first-order chi connectivity index (χ1) is 14.1. The summed E-state index contributed by atoms with van der Waals surface area (Å²) in [5.74, 6) is -0.274. The van der Waals surface area contributed by atoms with Gasteiger partial charge in [-0.2, -0.15) is 0 Å². The predicted molar refractivity (Wildman–Crippen MR) is 105 cm³/mol. The number of piperidine rings is 1. The molecule has 2 unspecified atom stereocenters. The van der Waals surface area contributed by atoms with E-state index in [4.69, 9.17) is 4.74 Å². The molecule has 2 aromatic rings. The minimum atomic E-state index is -0.419. The van der Waals surface area contributed by atoms with Gasteiger partial charge in [-0.25, -0.2) is 9.18 Å². The summed E-state index contributed by atoms with van der Waals surface area (Å²) >= 11 is 0. The largest absolute Gasteiger partial charge is 0.496 e. The average molecular weight is 397 g/mol. The standard InChI is InChI=1S/C22H24FN3O3/c1-29-19-11-5-3-8-16(19)14-26-21(27)17-9-6-12-24-20(17)25(22(26)28)13-15-7-2-4-10-18(15)23/h2-5,7-8,10-11,17,20,24H,6,9,12-14H2,1H3. The number of carbonyl (C=O) groups excluding carboxylic acids is 2. The Balaban J connectivity index is 1.66. The molecule has 0 bridgehead atoms. The number of urea groups is 1. The number of imide groups is 1. The number of halogens is 1. The average Bonchev–Trinajstić information content (AvgIpc) is 2.75. The van der Waals surface area contributed by atoms with Crippen molar-refractivity contribution < 1.29 is 18.7 Å². The van der Waals surface area contributed by atoms with Crippen LogP contribution in [-0.2, 0) is 17.9 Å². The number of benzene rings is 2. The minimum absolute atomic E-state index is 0.107. The number of hydrogen-bond acceptors (Lipinski definition) is 4. The zero-order valence-corrected chi connectivity index (χ0v) is 16.3. The van der Waals surface area contributed by atoms with Crippen LogP contribution in [0.1, 0.15) is 24.0 Å². The highest BCUT2D eigenvalue weighted by atomic mass is 19.1. The molecule has 0 spiro atoms. The smallest absolute Gasteiger partial charge is 0.328 e. The monoisotopic (exact) mass is 397 g/mol. The molecular weight excluding hydrogens is 373 g/mol. The van der Waals surface area contributed by atoms with Crippen LogP contribution in [0, 0.1) is 11.7 Å². The Hall–Kier alpha value is -2.93. The van der Waals surface area contributed by atoms with Crippen molar-refractivity contribution in [3.05, 3.63) is 65.5 Å². The summed E-state index contributed by atoms with van der Waals surface area (Å²) in [5, 5.41) is 3.29. The van der Waals surface area contributed by atoms with Crippen LogP contribution in [0.5, 0.6) is 5.75 Å². The summed E-state index contributed by atoms with van der Waals surface area (Å²) in [6.07, 6.45) is 1.13. The highest BCUT2D eigenvalue weighted by molar-refractivity contribution is 5.98. The molecule has 2 atom stereocenters. The van der Waals surface area contributed by atoms with Gasteiger partial charge in [0.15, 0.2) is 0 Å². The molecule has 152 valence electrons. The second kappa shape index (κ2) is 8.21. The van der Waals surface area contributed by atoms with E-state index >= 15 is 0 Å². The van der Waals surface area contributed by atoms with Crippen molar-refractivity contribution in [2.45, 2.75) is 32.1 Å². The molecular formula is C22H24FN3O3. The molecule has 0 saturated carbocycles. The van der Waals surface area contributed by atoms with Crippen molar-refractivity contribution in [2.75, 3.05) is 13.7 Å². The Labute approximate surface area is 169 Å². The summed E-state index contributed by atoms with van der Waals surface area (Å²) in [7, 11) is 1.56. The van der Waals surface area contributed by atoms with Crippen molar-refractivity contribution >= 4 is 11.9 Å². The van der Waals surface area contributed by atoms with Crippen LogP contribution < -0.4 is 10.1 Å². The van der Waals surface area contributed by atoms with Gasteiger partial charge in [-0.05, 0) is 31.5 Å². The van der Waals surface area contributed by atoms with E-state index in [1.807, 2.05) is 18.2 Å². The number of hydrogen-bond donors (Lipinski definition) is 1. The van der Waals surface area contributed by atoms with Gasteiger partial charge in [0.2, 0.25) is 5.91 Å². The number of ether oxygens (including phenoxy) is 1. The fourth-order valence-corrected chi connectivity index (χ4v) is 4.15. The van der Waals surface area contributed by atoms with Crippen LogP contribution in [0.15, 0.2) is 48.5 Å². The van der Waals surface area contributed by atoms with Gasteiger partial charge in [-0.15, -0.1) is 0 Å². The summed E-state index contributed by atoms with van der Waals surface area (Å²) in [6.45, 7) is 0.954. The number of carbonyl (C=O) groups is 2. The van der Waals surface area contributed by atoms with Gasteiger partial charge >= 0.3 is 6.03 Å². The van der Waals surface area contributed by atoms with E-state index < -0.39 is 12.2 Å². The Morgan fingerprint density at radius 1 is 1.07 bits per heavy atom. The van der Waals surface area contributed by atoms with Crippen LogP contribution in [0.4, 0.5) is 9.18 Å². The van der Waals surface area contributed by atoms with Crippen LogP contribution >= 0.6 is 0 Å². The number of fused-ring (bicyclic) bond motifs is 1. The van der Waals surface area contributed by atoms with Gasteiger partial charge in [-0.3, -0.25) is 15.0 Å². The molecule has 0 aromatic heterocycles. The molecule has 1 N–H and O–H groups in total. The molecule has 4 rings (SSSR count). The first-order valence-electron chi connectivity index (χ1n) is 9.81. The molecule has 6 nitrogen and oxygen atoms in total. The van der Waals surface area contributed by atoms with Crippen LogP contribution in [0.25, 0.3) is 0 Å². The molecule has 2 aliphatic heterocycles.